The molecule has 0 radical (unpaired) electrons. The third-order valence-corrected chi connectivity index (χ3v) is 3.55. The summed E-state index contributed by atoms with van der Waals surface area (Å²) in [4.78, 5) is 0. The SMILES string of the molecule is CCCCC(C)NCC1(CCC)CC1. The Kier molecular flexibility index (Phi) is 4.94. The largest absolute Gasteiger partial charge is 0.314 e. The predicted octanol–water partition coefficient (Wildman–Crippen LogP) is 3.74. The second kappa shape index (κ2) is 5.75. The van der Waals surface area contributed by atoms with Gasteiger partial charge in [-0.25, -0.2) is 0 Å². The molecule has 1 aliphatic rings. The summed E-state index contributed by atoms with van der Waals surface area (Å²) in [5, 5.41) is 3.70. The number of nitrogens with one attached hydrogen (secondary N) is 1. The van der Waals surface area contributed by atoms with Gasteiger partial charge in [-0.05, 0) is 38.0 Å². The molecular formula is C13H27N. The zero-order chi connectivity index (χ0) is 10.4. The lowest BCUT2D eigenvalue weighted by Gasteiger charge is -2.19. The van der Waals surface area contributed by atoms with E-state index in [-0.39, 0.29) is 0 Å². The number of rotatable bonds is 8. The van der Waals surface area contributed by atoms with Crippen LogP contribution in [0.3, 0.4) is 0 Å². The quantitative estimate of drug-likeness (QED) is 0.625. The minimum atomic E-state index is 0.717. The van der Waals surface area contributed by atoms with Crippen LogP contribution in [0, 0.1) is 5.41 Å². The highest BCUT2D eigenvalue weighted by Crippen LogP contribution is 2.48. The Morgan fingerprint density at radius 2 is 1.93 bits per heavy atom. The molecule has 0 aromatic heterocycles. The fourth-order valence-corrected chi connectivity index (χ4v) is 2.23. The van der Waals surface area contributed by atoms with Crippen molar-refractivity contribution in [3.8, 4) is 0 Å². The molecule has 0 spiro atoms. The van der Waals surface area contributed by atoms with Crippen LogP contribution in [0.5, 0.6) is 0 Å². The Morgan fingerprint density at radius 3 is 2.43 bits per heavy atom. The smallest absolute Gasteiger partial charge is 0.00389 e. The summed E-state index contributed by atoms with van der Waals surface area (Å²) in [6, 6.07) is 0.726. The van der Waals surface area contributed by atoms with Crippen molar-refractivity contribution in [3.05, 3.63) is 0 Å². The van der Waals surface area contributed by atoms with Crippen molar-refractivity contribution in [3.63, 3.8) is 0 Å². The fourth-order valence-electron chi connectivity index (χ4n) is 2.23. The maximum atomic E-state index is 3.70. The van der Waals surface area contributed by atoms with Crippen molar-refractivity contribution in [1.29, 1.82) is 0 Å². The molecule has 0 aliphatic heterocycles. The first-order valence-corrected chi connectivity index (χ1v) is 6.46. The zero-order valence-electron chi connectivity index (χ0n) is 10.2. The molecule has 1 atom stereocenters. The van der Waals surface area contributed by atoms with E-state index in [9.17, 15) is 0 Å². The Morgan fingerprint density at radius 1 is 1.21 bits per heavy atom. The van der Waals surface area contributed by atoms with Crippen LogP contribution in [0.2, 0.25) is 0 Å². The first-order valence-electron chi connectivity index (χ1n) is 6.46. The minimum absolute atomic E-state index is 0.717. The molecule has 0 amide bonds. The van der Waals surface area contributed by atoms with E-state index in [1.807, 2.05) is 0 Å². The summed E-state index contributed by atoms with van der Waals surface area (Å²) < 4.78 is 0. The van der Waals surface area contributed by atoms with Gasteiger partial charge in [-0.3, -0.25) is 0 Å². The molecule has 1 saturated carbocycles. The normalized spacial score (nSPS) is 20.8. The molecule has 1 N–H and O–H groups in total. The topological polar surface area (TPSA) is 12.0 Å². The zero-order valence-corrected chi connectivity index (χ0v) is 10.2. The van der Waals surface area contributed by atoms with Crippen LogP contribution in [-0.4, -0.2) is 12.6 Å². The van der Waals surface area contributed by atoms with Crippen LogP contribution in [-0.2, 0) is 0 Å². The molecule has 1 heteroatoms. The molecule has 1 nitrogen and oxygen atoms in total. The lowest BCUT2D eigenvalue weighted by atomic mass is 10.00. The van der Waals surface area contributed by atoms with Crippen LogP contribution in [0.25, 0.3) is 0 Å². The molecular weight excluding hydrogens is 170 g/mol. The van der Waals surface area contributed by atoms with Crippen molar-refractivity contribution in [2.45, 2.75) is 71.8 Å². The van der Waals surface area contributed by atoms with E-state index in [0.29, 0.717) is 0 Å². The molecule has 0 bridgehead atoms. The molecule has 0 aromatic carbocycles. The van der Waals surface area contributed by atoms with Gasteiger partial charge in [0.05, 0.1) is 0 Å². The van der Waals surface area contributed by atoms with Crippen LogP contribution >= 0.6 is 0 Å². The predicted molar refractivity (Wildman–Crippen MR) is 63.6 cm³/mol. The van der Waals surface area contributed by atoms with E-state index in [0.717, 1.165) is 11.5 Å². The van der Waals surface area contributed by atoms with Crippen molar-refractivity contribution in [1.82, 2.24) is 5.32 Å². The lowest BCUT2D eigenvalue weighted by molar-refractivity contribution is 0.381. The van der Waals surface area contributed by atoms with Crippen LogP contribution < -0.4 is 5.32 Å². The number of hydrogen-bond donors (Lipinski definition) is 1. The molecule has 1 aliphatic carbocycles. The van der Waals surface area contributed by atoms with E-state index >= 15 is 0 Å². The van der Waals surface area contributed by atoms with Gasteiger partial charge >= 0.3 is 0 Å². The summed E-state index contributed by atoms with van der Waals surface area (Å²) >= 11 is 0. The summed E-state index contributed by atoms with van der Waals surface area (Å²) in [5.74, 6) is 0. The van der Waals surface area contributed by atoms with Gasteiger partial charge in [0.15, 0.2) is 0 Å². The second-order valence-electron chi connectivity index (χ2n) is 5.17. The highest BCUT2D eigenvalue weighted by Gasteiger charge is 2.40. The summed E-state index contributed by atoms with van der Waals surface area (Å²) in [5.41, 5.74) is 0.717. The summed E-state index contributed by atoms with van der Waals surface area (Å²) in [7, 11) is 0. The maximum absolute atomic E-state index is 3.70. The highest BCUT2D eigenvalue weighted by molar-refractivity contribution is 4.94. The molecule has 14 heavy (non-hydrogen) atoms. The van der Waals surface area contributed by atoms with Gasteiger partial charge in [0.25, 0.3) is 0 Å². The van der Waals surface area contributed by atoms with Gasteiger partial charge in [0, 0.05) is 12.6 Å². The average Bonchev–Trinajstić information content (AvgIpc) is 2.93. The third kappa shape index (κ3) is 4.00. The summed E-state index contributed by atoms with van der Waals surface area (Å²) in [6.45, 7) is 8.18. The molecule has 0 heterocycles. The summed E-state index contributed by atoms with van der Waals surface area (Å²) in [6.07, 6.45) is 9.76. The Balaban J connectivity index is 2.07. The Hall–Kier alpha value is -0.0400. The van der Waals surface area contributed by atoms with Crippen LogP contribution in [0.15, 0.2) is 0 Å². The first-order chi connectivity index (χ1) is 6.72. The van der Waals surface area contributed by atoms with Gasteiger partial charge in [0.1, 0.15) is 0 Å². The molecule has 0 aromatic rings. The van der Waals surface area contributed by atoms with Crippen molar-refractivity contribution in [2.24, 2.45) is 5.41 Å². The van der Waals surface area contributed by atoms with Crippen molar-refractivity contribution >= 4 is 0 Å². The number of unbranched alkanes of at least 4 members (excludes halogenated alkanes) is 1. The first kappa shape index (κ1) is 12.0. The Bertz CT molecular complexity index is 149. The molecule has 1 unspecified atom stereocenters. The standard InChI is InChI=1S/C13H27N/c1-4-6-7-12(3)14-11-13(8-5-2)9-10-13/h12,14H,4-11H2,1-3H3. The molecule has 1 fully saturated rings. The van der Waals surface area contributed by atoms with Crippen molar-refractivity contribution in [2.75, 3.05) is 6.54 Å². The van der Waals surface area contributed by atoms with Gasteiger partial charge in [0.2, 0.25) is 0 Å². The van der Waals surface area contributed by atoms with E-state index < -0.39 is 0 Å². The average molecular weight is 197 g/mol. The van der Waals surface area contributed by atoms with Crippen LogP contribution in [0.1, 0.15) is 65.7 Å². The van der Waals surface area contributed by atoms with Gasteiger partial charge in [-0.15, -0.1) is 0 Å². The minimum Gasteiger partial charge on any atom is -0.314 e. The second-order valence-corrected chi connectivity index (χ2v) is 5.17. The highest BCUT2D eigenvalue weighted by atomic mass is 14.9. The number of hydrogen-bond acceptors (Lipinski definition) is 1. The van der Waals surface area contributed by atoms with E-state index in [4.69, 9.17) is 0 Å². The van der Waals surface area contributed by atoms with Crippen molar-refractivity contribution < 1.29 is 0 Å². The van der Waals surface area contributed by atoms with E-state index in [2.05, 4.69) is 26.1 Å². The van der Waals surface area contributed by atoms with Crippen LogP contribution in [0.4, 0.5) is 0 Å². The van der Waals surface area contributed by atoms with Gasteiger partial charge < -0.3 is 5.32 Å². The lowest BCUT2D eigenvalue weighted by Crippen LogP contribution is -2.32. The molecule has 0 saturated heterocycles. The van der Waals surface area contributed by atoms with Gasteiger partial charge in [-0.1, -0.05) is 33.1 Å². The fraction of sp³-hybridized carbons (Fsp3) is 1.00. The van der Waals surface area contributed by atoms with E-state index in [1.54, 1.807) is 0 Å². The molecule has 84 valence electrons. The molecule has 1 rings (SSSR count). The Labute approximate surface area is 89.7 Å². The monoisotopic (exact) mass is 197 g/mol. The van der Waals surface area contributed by atoms with Gasteiger partial charge in [-0.2, -0.15) is 0 Å². The van der Waals surface area contributed by atoms with E-state index in [1.165, 1.54) is 51.5 Å². The maximum Gasteiger partial charge on any atom is 0.00389 e. The third-order valence-electron chi connectivity index (χ3n) is 3.55.